The summed E-state index contributed by atoms with van der Waals surface area (Å²) in [6.07, 6.45) is 3.16. The Hall–Kier alpha value is -1.61. The third-order valence-corrected chi connectivity index (χ3v) is 3.75. The van der Waals surface area contributed by atoms with Gasteiger partial charge < -0.3 is 5.32 Å². The van der Waals surface area contributed by atoms with Crippen LogP contribution in [0.1, 0.15) is 37.1 Å². The highest BCUT2D eigenvalue weighted by Crippen LogP contribution is 2.27. The smallest absolute Gasteiger partial charge is 0.0571 e. The Morgan fingerprint density at radius 2 is 1.95 bits per heavy atom. The van der Waals surface area contributed by atoms with Gasteiger partial charge in [-0.2, -0.15) is 5.10 Å². The van der Waals surface area contributed by atoms with Gasteiger partial charge in [0.1, 0.15) is 0 Å². The maximum atomic E-state index is 4.46. The van der Waals surface area contributed by atoms with Gasteiger partial charge in [-0.1, -0.05) is 19.1 Å². The molecule has 20 heavy (non-hydrogen) atoms. The summed E-state index contributed by atoms with van der Waals surface area (Å²) in [5, 5.41) is 7.92. The van der Waals surface area contributed by atoms with E-state index in [1.165, 1.54) is 34.4 Å². The first kappa shape index (κ1) is 14.8. The molecule has 2 aromatic rings. The lowest BCUT2D eigenvalue weighted by Gasteiger charge is -2.10. The van der Waals surface area contributed by atoms with Crippen molar-refractivity contribution in [3.63, 3.8) is 0 Å². The molecule has 0 aliphatic rings. The van der Waals surface area contributed by atoms with Crippen molar-refractivity contribution in [3.8, 4) is 11.1 Å². The molecule has 0 bridgehead atoms. The third kappa shape index (κ3) is 3.10. The second kappa shape index (κ2) is 6.71. The number of benzene rings is 1. The minimum absolute atomic E-state index is 0.919. The van der Waals surface area contributed by atoms with E-state index in [4.69, 9.17) is 0 Å². The standard InChI is InChI=1S/C17H25N3/c1-5-9-18-11-15-8-7-13(3)16(10-15)17-12-19-20(6-2)14(17)4/h7-8,10,12,18H,5-6,9,11H2,1-4H3. The highest BCUT2D eigenvalue weighted by Gasteiger charge is 2.10. The number of nitrogens with one attached hydrogen (secondary N) is 1. The first-order valence-electron chi connectivity index (χ1n) is 7.50. The van der Waals surface area contributed by atoms with Crippen molar-refractivity contribution in [3.05, 3.63) is 41.2 Å². The SMILES string of the molecule is CCCNCc1ccc(C)c(-c2cnn(CC)c2C)c1. The van der Waals surface area contributed by atoms with Crippen LogP contribution in [-0.4, -0.2) is 16.3 Å². The van der Waals surface area contributed by atoms with Crippen LogP contribution in [0.25, 0.3) is 11.1 Å². The van der Waals surface area contributed by atoms with Crippen LogP contribution in [0.5, 0.6) is 0 Å². The molecule has 0 radical (unpaired) electrons. The molecule has 108 valence electrons. The van der Waals surface area contributed by atoms with Gasteiger partial charge in [-0.15, -0.1) is 0 Å². The molecular weight excluding hydrogens is 246 g/mol. The van der Waals surface area contributed by atoms with E-state index in [-0.39, 0.29) is 0 Å². The fourth-order valence-electron chi connectivity index (χ4n) is 2.51. The van der Waals surface area contributed by atoms with Gasteiger partial charge in [0.15, 0.2) is 0 Å². The summed E-state index contributed by atoms with van der Waals surface area (Å²) in [7, 11) is 0. The average Bonchev–Trinajstić information content (AvgIpc) is 2.82. The predicted molar refractivity (Wildman–Crippen MR) is 84.8 cm³/mol. The molecule has 1 N–H and O–H groups in total. The van der Waals surface area contributed by atoms with Crippen molar-refractivity contribution >= 4 is 0 Å². The number of rotatable bonds is 6. The number of aromatic nitrogens is 2. The summed E-state index contributed by atoms with van der Waals surface area (Å²) in [6, 6.07) is 6.71. The van der Waals surface area contributed by atoms with Crippen LogP contribution in [0.15, 0.2) is 24.4 Å². The summed E-state index contributed by atoms with van der Waals surface area (Å²) < 4.78 is 2.05. The van der Waals surface area contributed by atoms with Gasteiger partial charge in [0, 0.05) is 24.3 Å². The molecule has 3 heteroatoms. The molecule has 3 nitrogen and oxygen atoms in total. The van der Waals surface area contributed by atoms with E-state index in [0.717, 1.165) is 19.6 Å². The van der Waals surface area contributed by atoms with E-state index in [2.05, 4.69) is 61.0 Å². The molecule has 0 fully saturated rings. The van der Waals surface area contributed by atoms with Crippen LogP contribution < -0.4 is 5.32 Å². The maximum Gasteiger partial charge on any atom is 0.0571 e. The van der Waals surface area contributed by atoms with E-state index in [0.29, 0.717) is 0 Å². The van der Waals surface area contributed by atoms with Crippen LogP contribution in [0.4, 0.5) is 0 Å². The Balaban J connectivity index is 2.30. The molecule has 0 aliphatic carbocycles. The highest BCUT2D eigenvalue weighted by molar-refractivity contribution is 5.69. The van der Waals surface area contributed by atoms with E-state index in [9.17, 15) is 0 Å². The molecule has 0 amide bonds. The molecular formula is C17H25N3. The second-order valence-electron chi connectivity index (χ2n) is 5.29. The second-order valence-corrected chi connectivity index (χ2v) is 5.29. The van der Waals surface area contributed by atoms with Gasteiger partial charge in [0.25, 0.3) is 0 Å². The Morgan fingerprint density at radius 3 is 2.60 bits per heavy atom. The molecule has 0 saturated heterocycles. The molecule has 1 heterocycles. The zero-order valence-electron chi connectivity index (χ0n) is 13.0. The minimum atomic E-state index is 0.919. The van der Waals surface area contributed by atoms with Gasteiger partial charge in [-0.05, 0) is 56.5 Å². The molecule has 0 unspecified atom stereocenters. The number of hydrogen-bond donors (Lipinski definition) is 1. The largest absolute Gasteiger partial charge is 0.313 e. The minimum Gasteiger partial charge on any atom is -0.313 e. The van der Waals surface area contributed by atoms with Crippen molar-refractivity contribution in [2.75, 3.05) is 6.54 Å². The van der Waals surface area contributed by atoms with Crippen molar-refractivity contribution in [1.29, 1.82) is 0 Å². The van der Waals surface area contributed by atoms with E-state index in [1.54, 1.807) is 0 Å². The Kier molecular flexibility index (Phi) is 4.96. The molecule has 0 atom stereocenters. The van der Waals surface area contributed by atoms with E-state index >= 15 is 0 Å². The molecule has 2 rings (SSSR count). The molecule has 0 saturated carbocycles. The fourth-order valence-corrected chi connectivity index (χ4v) is 2.51. The average molecular weight is 271 g/mol. The van der Waals surface area contributed by atoms with Crippen molar-refractivity contribution in [1.82, 2.24) is 15.1 Å². The van der Waals surface area contributed by atoms with Crippen molar-refractivity contribution < 1.29 is 0 Å². The lowest BCUT2D eigenvalue weighted by atomic mass is 9.98. The summed E-state index contributed by atoms with van der Waals surface area (Å²) in [5.41, 5.74) is 6.44. The zero-order chi connectivity index (χ0) is 14.5. The zero-order valence-corrected chi connectivity index (χ0v) is 13.0. The van der Waals surface area contributed by atoms with Crippen LogP contribution >= 0.6 is 0 Å². The fraction of sp³-hybridized carbons (Fsp3) is 0.471. The summed E-state index contributed by atoms with van der Waals surface area (Å²) in [4.78, 5) is 0. The van der Waals surface area contributed by atoms with Crippen LogP contribution in [-0.2, 0) is 13.1 Å². The van der Waals surface area contributed by atoms with Gasteiger partial charge in [-0.3, -0.25) is 4.68 Å². The van der Waals surface area contributed by atoms with Gasteiger partial charge in [0.05, 0.1) is 6.20 Å². The van der Waals surface area contributed by atoms with Crippen molar-refractivity contribution in [2.24, 2.45) is 0 Å². The monoisotopic (exact) mass is 271 g/mol. The first-order valence-corrected chi connectivity index (χ1v) is 7.50. The van der Waals surface area contributed by atoms with Gasteiger partial charge >= 0.3 is 0 Å². The molecule has 1 aromatic heterocycles. The summed E-state index contributed by atoms with van der Waals surface area (Å²) in [6.45, 7) is 11.5. The van der Waals surface area contributed by atoms with Crippen LogP contribution in [0, 0.1) is 13.8 Å². The highest BCUT2D eigenvalue weighted by atomic mass is 15.3. The lowest BCUT2D eigenvalue weighted by Crippen LogP contribution is -2.13. The number of aryl methyl sites for hydroxylation is 2. The quantitative estimate of drug-likeness (QED) is 0.812. The summed E-state index contributed by atoms with van der Waals surface area (Å²) in [5.74, 6) is 0. The Labute approximate surface area is 122 Å². The lowest BCUT2D eigenvalue weighted by molar-refractivity contribution is 0.640. The predicted octanol–water partition coefficient (Wildman–Crippen LogP) is 3.69. The van der Waals surface area contributed by atoms with Gasteiger partial charge in [0.2, 0.25) is 0 Å². The topological polar surface area (TPSA) is 29.9 Å². The van der Waals surface area contributed by atoms with E-state index < -0.39 is 0 Å². The third-order valence-electron chi connectivity index (χ3n) is 3.75. The normalized spacial score (nSPS) is 11.0. The molecule has 0 aliphatic heterocycles. The van der Waals surface area contributed by atoms with Gasteiger partial charge in [-0.25, -0.2) is 0 Å². The van der Waals surface area contributed by atoms with Crippen molar-refractivity contribution in [2.45, 2.75) is 47.2 Å². The summed E-state index contributed by atoms with van der Waals surface area (Å²) >= 11 is 0. The Bertz CT molecular complexity index is 570. The van der Waals surface area contributed by atoms with E-state index in [1.807, 2.05) is 6.20 Å². The Morgan fingerprint density at radius 1 is 1.15 bits per heavy atom. The van der Waals surface area contributed by atoms with Crippen LogP contribution in [0.2, 0.25) is 0 Å². The molecule has 1 aromatic carbocycles. The maximum absolute atomic E-state index is 4.46. The molecule has 0 spiro atoms. The number of nitrogens with zero attached hydrogens (tertiary/aromatic N) is 2. The first-order chi connectivity index (χ1) is 9.67. The number of hydrogen-bond acceptors (Lipinski definition) is 2. The van der Waals surface area contributed by atoms with Crippen LogP contribution in [0.3, 0.4) is 0 Å².